The lowest BCUT2D eigenvalue weighted by molar-refractivity contribution is -0.119. The molecular weight excluding hydrogens is 422 g/mol. The molecule has 2 aromatic carbocycles. The molecule has 0 fully saturated rings. The van der Waals surface area contributed by atoms with Crippen LogP contribution in [0.1, 0.15) is 10.4 Å². The molecule has 32 heavy (non-hydrogen) atoms. The molecule has 0 unspecified atom stereocenters. The van der Waals surface area contributed by atoms with Crippen molar-refractivity contribution in [3.8, 4) is 17.2 Å². The first kappa shape index (κ1) is 21.0. The van der Waals surface area contributed by atoms with Gasteiger partial charge in [0, 0.05) is 11.1 Å². The molecule has 162 valence electrons. The maximum Gasteiger partial charge on any atom is 0.387 e. The molecule has 4 aromatic rings. The summed E-state index contributed by atoms with van der Waals surface area (Å²) in [5, 5.41) is 3.09. The molecule has 4 rings (SSSR count). The number of carbonyl (C=O) groups excluding carboxylic acids is 2. The van der Waals surface area contributed by atoms with Gasteiger partial charge in [-0.15, -0.1) is 0 Å². The van der Waals surface area contributed by atoms with Crippen LogP contribution in [0.3, 0.4) is 0 Å². The fraction of sp³-hybridized carbons (Fsp3) is 0.0870. The number of rotatable bonds is 7. The number of esters is 1. The Hall–Kier alpha value is -4.27. The molecule has 7 nitrogen and oxygen atoms in total. The highest BCUT2D eigenvalue weighted by molar-refractivity contribution is 6.05. The van der Waals surface area contributed by atoms with E-state index in [4.69, 9.17) is 9.15 Å². The number of nitrogens with one attached hydrogen (secondary N) is 1. The zero-order valence-corrected chi connectivity index (χ0v) is 16.5. The number of halogens is 2. The summed E-state index contributed by atoms with van der Waals surface area (Å²) in [5.74, 6) is -0.846. The van der Waals surface area contributed by atoms with Crippen molar-refractivity contribution in [3.63, 3.8) is 0 Å². The lowest BCUT2D eigenvalue weighted by atomic mass is 10.1. The first-order valence-corrected chi connectivity index (χ1v) is 9.45. The van der Waals surface area contributed by atoms with Crippen LogP contribution in [0, 0.1) is 0 Å². The van der Waals surface area contributed by atoms with E-state index in [0.717, 1.165) is 0 Å². The topological polar surface area (TPSA) is 90.7 Å². The van der Waals surface area contributed by atoms with Crippen LogP contribution in [0.5, 0.6) is 5.75 Å². The van der Waals surface area contributed by atoms with Crippen molar-refractivity contribution >= 4 is 28.5 Å². The largest absolute Gasteiger partial charge is 0.463 e. The number of amides is 1. The van der Waals surface area contributed by atoms with Crippen LogP contribution in [0.2, 0.25) is 0 Å². The Balaban J connectivity index is 1.45. The van der Waals surface area contributed by atoms with Gasteiger partial charge in [0.1, 0.15) is 11.4 Å². The van der Waals surface area contributed by atoms with Crippen LogP contribution in [0.4, 0.5) is 14.5 Å². The van der Waals surface area contributed by atoms with Gasteiger partial charge < -0.3 is 19.2 Å². The Morgan fingerprint density at radius 3 is 2.53 bits per heavy atom. The molecule has 1 amide bonds. The number of alkyl halides is 2. The first-order chi connectivity index (χ1) is 15.5. The molecule has 2 aromatic heterocycles. The fourth-order valence-corrected chi connectivity index (χ4v) is 3.02. The monoisotopic (exact) mass is 438 g/mol. The van der Waals surface area contributed by atoms with Gasteiger partial charge in [-0.2, -0.15) is 8.78 Å². The Bertz CT molecular complexity index is 1240. The van der Waals surface area contributed by atoms with Crippen molar-refractivity contribution in [1.82, 2.24) is 4.98 Å². The summed E-state index contributed by atoms with van der Waals surface area (Å²) >= 11 is 0. The summed E-state index contributed by atoms with van der Waals surface area (Å²) in [5.41, 5.74) is 1.60. The van der Waals surface area contributed by atoms with Gasteiger partial charge in [0.05, 0.1) is 17.3 Å². The van der Waals surface area contributed by atoms with Gasteiger partial charge in [0.15, 0.2) is 12.4 Å². The summed E-state index contributed by atoms with van der Waals surface area (Å²) in [6, 6.07) is 17.4. The fourth-order valence-electron chi connectivity index (χ4n) is 3.02. The minimum atomic E-state index is -2.94. The Morgan fingerprint density at radius 1 is 1.03 bits per heavy atom. The van der Waals surface area contributed by atoms with Gasteiger partial charge in [0.25, 0.3) is 5.91 Å². The average Bonchev–Trinajstić information content (AvgIpc) is 3.33. The third-order valence-electron chi connectivity index (χ3n) is 4.41. The van der Waals surface area contributed by atoms with Crippen molar-refractivity contribution in [1.29, 1.82) is 0 Å². The third kappa shape index (κ3) is 4.89. The number of hydrogen-bond acceptors (Lipinski definition) is 6. The zero-order chi connectivity index (χ0) is 22.5. The van der Waals surface area contributed by atoms with E-state index < -0.39 is 25.1 Å². The predicted molar refractivity (Wildman–Crippen MR) is 111 cm³/mol. The minimum absolute atomic E-state index is 0.0404. The van der Waals surface area contributed by atoms with E-state index in [1.165, 1.54) is 30.5 Å². The SMILES string of the molecule is O=C(COC(=O)c1cc(-c2ccco2)nc2ccccc12)Nc1ccc(OC(F)F)cc1. The lowest BCUT2D eigenvalue weighted by Gasteiger charge is -2.10. The minimum Gasteiger partial charge on any atom is -0.463 e. The van der Waals surface area contributed by atoms with Crippen LogP contribution < -0.4 is 10.1 Å². The number of benzene rings is 2. The van der Waals surface area contributed by atoms with Gasteiger partial charge >= 0.3 is 12.6 Å². The number of aromatic nitrogens is 1. The molecule has 0 bridgehead atoms. The van der Waals surface area contributed by atoms with Crippen LogP contribution in [-0.4, -0.2) is 30.1 Å². The summed E-state index contributed by atoms with van der Waals surface area (Å²) in [7, 11) is 0. The highest BCUT2D eigenvalue weighted by atomic mass is 19.3. The predicted octanol–water partition coefficient (Wildman–Crippen LogP) is 4.89. The number of carbonyl (C=O) groups is 2. The number of hydrogen-bond donors (Lipinski definition) is 1. The van der Waals surface area contributed by atoms with Gasteiger partial charge in [-0.25, -0.2) is 9.78 Å². The molecule has 2 heterocycles. The van der Waals surface area contributed by atoms with Crippen LogP contribution in [0.25, 0.3) is 22.4 Å². The van der Waals surface area contributed by atoms with Gasteiger partial charge in [-0.3, -0.25) is 4.79 Å². The van der Waals surface area contributed by atoms with Crippen LogP contribution in [0.15, 0.2) is 77.4 Å². The quantitative estimate of drug-likeness (QED) is 0.413. The highest BCUT2D eigenvalue weighted by Gasteiger charge is 2.17. The van der Waals surface area contributed by atoms with Gasteiger partial charge in [-0.05, 0) is 48.5 Å². The molecule has 0 saturated carbocycles. The molecule has 0 aliphatic rings. The molecule has 1 N–H and O–H groups in total. The van der Waals surface area contributed by atoms with E-state index in [1.807, 2.05) is 0 Å². The number of furan rings is 1. The summed E-state index contributed by atoms with van der Waals surface area (Å²) < 4.78 is 39.2. The summed E-state index contributed by atoms with van der Waals surface area (Å²) in [4.78, 5) is 29.4. The number of ether oxygens (including phenoxy) is 2. The summed E-state index contributed by atoms with van der Waals surface area (Å²) in [6.45, 7) is -3.48. The van der Waals surface area contributed by atoms with Crippen molar-refractivity contribution in [2.45, 2.75) is 6.61 Å². The standard InChI is InChI=1S/C23H16F2N2O5/c24-23(25)32-15-9-7-14(8-10-15)26-21(28)13-31-22(29)17-12-19(20-6-3-11-30-20)27-18-5-2-1-4-16(17)18/h1-12,23H,13H2,(H,26,28). The number of anilines is 1. The van der Waals surface area contributed by atoms with Crippen LogP contribution >= 0.6 is 0 Å². The van der Waals surface area contributed by atoms with E-state index in [0.29, 0.717) is 28.0 Å². The highest BCUT2D eigenvalue weighted by Crippen LogP contribution is 2.26. The Labute approximate surface area is 180 Å². The third-order valence-corrected chi connectivity index (χ3v) is 4.41. The Morgan fingerprint density at radius 2 is 1.81 bits per heavy atom. The average molecular weight is 438 g/mol. The smallest absolute Gasteiger partial charge is 0.387 e. The number of nitrogens with zero attached hydrogens (tertiary/aromatic N) is 1. The van der Waals surface area contributed by atoms with Crippen molar-refractivity contribution < 1.29 is 32.3 Å². The maximum atomic E-state index is 12.7. The van der Waals surface area contributed by atoms with Crippen molar-refractivity contribution in [3.05, 3.63) is 78.6 Å². The number of para-hydroxylation sites is 1. The molecule has 0 saturated heterocycles. The first-order valence-electron chi connectivity index (χ1n) is 9.45. The summed E-state index contributed by atoms with van der Waals surface area (Å²) in [6.07, 6.45) is 1.50. The van der Waals surface area contributed by atoms with Gasteiger partial charge in [0.2, 0.25) is 0 Å². The van der Waals surface area contributed by atoms with Crippen molar-refractivity contribution in [2.75, 3.05) is 11.9 Å². The van der Waals surface area contributed by atoms with E-state index in [2.05, 4.69) is 15.0 Å². The molecule has 0 spiro atoms. The van der Waals surface area contributed by atoms with Crippen molar-refractivity contribution in [2.24, 2.45) is 0 Å². The molecule has 0 atom stereocenters. The number of fused-ring (bicyclic) bond motifs is 1. The van der Waals surface area contributed by atoms with Crippen LogP contribution in [-0.2, 0) is 9.53 Å². The van der Waals surface area contributed by atoms with E-state index in [9.17, 15) is 18.4 Å². The molecule has 0 radical (unpaired) electrons. The van der Waals surface area contributed by atoms with E-state index >= 15 is 0 Å². The maximum absolute atomic E-state index is 12.7. The second-order valence-electron chi connectivity index (χ2n) is 6.58. The molecule has 9 heteroatoms. The Kier molecular flexibility index (Phi) is 6.07. The molecule has 0 aliphatic carbocycles. The normalized spacial score (nSPS) is 10.8. The van der Waals surface area contributed by atoms with E-state index in [1.54, 1.807) is 42.5 Å². The number of pyridine rings is 1. The van der Waals surface area contributed by atoms with E-state index in [-0.39, 0.29) is 11.3 Å². The van der Waals surface area contributed by atoms with Gasteiger partial charge in [-0.1, -0.05) is 18.2 Å². The lowest BCUT2D eigenvalue weighted by Crippen LogP contribution is -2.21. The molecule has 0 aliphatic heterocycles. The second-order valence-corrected chi connectivity index (χ2v) is 6.58. The zero-order valence-electron chi connectivity index (χ0n) is 16.5. The second kappa shape index (κ2) is 9.25. The molecular formula is C23H16F2N2O5.